The highest BCUT2D eigenvalue weighted by atomic mass is 32.2. The lowest BCUT2D eigenvalue weighted by Crippen LogP contribution is -2.42. The Morgan fingerprint density at radius 2 is 2.12 bits per heavy atom. The van der Waals surface area contributed by atoms with Gasteiger partial charge in [0.25, 0.3) is 0 Å². The first-order chi connectivity index (χ1) is 7.49. The second kappa shape index (κ2) is 5.95. The molecule has 0 bridgehead atoms. The van der Waals surface area contributed by atoms with Gasteiger partial charge in [-0.1, -0.05) is 0 Å². The van der Waals surface area contributed by atoms with E-state index >= 15 is 0 Å². The molecule has 0 aromatic rings. The summed E-state index contributed by atoms with van der Waals surface area (Å²) in [4.78, 5) is 0. The van der Waals surface area contributed by atoms with Gasteiger partial charge in [-0.3, -0.25) is 0 Å². The van der Waals surface area contributed by atoms with Crippen molar-refractivity contribution in [1.29, 1.82) is 0 Å². The highest BCUT2D eigenvalue weighted by Gasteiger charge is 2.30. The average Bonchev–Trinajstić information content (AvgIpc) is 2.65. The lowest BCUT2D eigenvalue weighted by Gasteiger charge is -2.17. The Hall–Kier alpha value is -0.170. The van der Waals surface area contributed by atoms with E-state index in [1.165, 1.54) is 0 Å². The normalized spacial score (nSPS) is 28.2. The lowest BCUT2D eigenvalue weighted by molar-refractivity contribution is 0.107. The maximum Gasteiger partial charge on any atom is 0.215 e. The van der Waals surface area contributed by atoms with Crippen LogP contribution in [-0.2, 0) is 14.8 Å². The summed E-state index contributed by atoms with van der Waals surface area (Å²) in [7, 11) is 0.219. The predicted octanol–water partition coefficient (Wildman–Crippen LogP) is 0.0812. The van der Waals surface area contributed by atoms with Crippen molar-refractivity contribution in [3.05, 3.63) is 0 Å². The summed E-state index contributed by atoms with van der Waals surface area (Å²) in [6.45, 7) is 2.18. The molecule has 3 atom stereocenters. The van der Waals surface area contributed by atoms with Gasteiger partial charge in [0, 0.05) is 19.7 Å². The summed E-state index contributed by atoms with van der Waals surface area (Å²) in [5.41, 5.74) is 0. The minimum absolute atomic E-state index is 0.0363. The Morgan fingerprint density at radius 3 is 2.62 bits per heavy atom. The maximum absolute atomic E-state index is 11.9. The summed E-state index contributed by atoms with van der Waals surface area (Å²) >= 11 is 0. The SMILES string of the molecule is CNCC(C)S(=O)(=O)NC1CCC(OC)C1. The molecule has 0 spiro atoms. The number of rotatable bonds is 6. The second-order valence-corrected chi connectivity index (χ2v) is 6.53. The molecule has 0 aromatic heterocycles. The van der Waals surface area contributed by atoms with E-state index in [0.717, 1.165) is 19.3 Å². The van der Waals surface area contributed by atoms with Crippen molar-refractivity contribution in [2.45, 2.75) is 43.6 Å². The van der Waals surface area contributed by atoms with Gasteiger partial charge < -0.3 is 10.1 Å². The highest BCUT2D eigenvalue weighted by Crippen LogP contribution is 2.22. The molecule has 16 heavy (non-hydrogen) atoms. The molecule has 0 aliphatic heterocycles. The fraction of sp³-hybridized carbons (Fsp3) is 1.00. The van der Waals surface area contributed by atoms with Crippen LogP contribution in [0.15, 0.2) is 0 Å². The highest BCUT2D eigenvalue weighted by molar-refractivity contribution is 7.90. The van der Waals surface area contributed by atoms with Crippen molar-refractivity contribution >= 4 is 10.0 Å². The van der Waals surface area contributed by atoms with E-state index in [9.17, 15) is 8.42 Å². The largest absolute Gasteiger partial charge is 0.381 e. The van der Waals surface area contributed by atoms with E-state index in [1.54, 1.807) is 21.1 Å². The Bertz CT molecular complexity index is 305. The van der Waals surface area contributed by atoms with Gasteiger partial charge in [-0.25, -0.2) is 13.1 Å². The van der Waals surface area contributed by atoms with Crippen molar-refractivity contribution in [2.75, 3.05) is 20.7 Å². The van der Waals surface area contributed by atoms with Gasteiger partial charge in [-0.05, 0) is 33.2 Å². The number of hydrogen-bond donors (Lipinski definition) is 2. The van der Waals surface area contributed by atoms with Gasteiger partial charge in [0.1, 0.15) is 0 Å². The fourth-order valence-electron chi connectivity index (χ4n) is 2.01. The summed E-state index contributed by atoms with van der Waals surface area (Å²) < 4.78 is 31.7. The standard InChI is InChI=1S/C10H22N2O3S/c1-8(7-11-2)16(13,14)12-9-4-5-10(6-9)15-3/h8-12H,4-7H2,1-3H3. The minimum atomic E-state index is -3.21. The van der Waals surface area contributed by atoms with Gasteiger partial charge in [0.15, 0.2) is 0 Å². The summed E-state index contributed by atoms with van der Waals surface area (Å²) in [6, 6.07) is 0.0363. The quantitative estimate of drug-likeness (QED) is 0.700. The zero-order valence-corrected chi connectivity index (χ0v) is 11.0. The van der Waals surface area contributed by atoms with Crippen LogP contribution in [0.4, 0.5) is 0 Å². The third-order valence-electron chi connectivity index (χ3n) is 3.07. The van der Waals surface area contributed by atoms with Crippen LogP contribution in [0.2, 0.25) is 0 Å². The van der Waals surface area contributed by atoms with E-state index < -0.39 is 15.3 Å². The molecule has 1 saturated carbocycles. The molecule has 0 aromatic carbocycles. The smallest absolute Gasteiger partial charge is 0.215 e. The zero-order valence-electron chi connectivity index (χ0n) is 10.2. The molecule has 0 amide bonds. The van der Waals surface area contributed by atoms with Gasteiger partial charge >= 0.3 is 0 Å². The zero-order chi connectivity index (χ0) is 12.2. The number of sulfonamides is 1. The fourth-order valence-corrected chi connectivity index (χ4v) is 3.30. The molecule has 5 nitrogen and oxygen atoms in total. The van der Waals surface area contributed by atoms with E-state index in [1.807, 2.05) is 0 Å². The monoisotopic (exact) mass is 250 g/mol. The molecule has 0 heterocycles. The van der Waals surface area contributed by atoms with Gasteiger partial charge in [-0.15, -0.1) is 0 Å². The predicted molar refractivity (Wildman–Crippen MR) is 63.9 cm³/mol. The van der Waals surface area contributed by atoms with Crippen LogP contribution < -0.4 is 10.0 Å². The summed E-state index contributed by atoms with van der Waals surface area (Å²) in [5.74, 6) is 0. The molecule has 96 valence electrons. The molecule has 6 heteroatoms. The molecular weight excluding hydrogens is 228 g/mol. The first-order valence-electron chi connectivity index (χ1n) is 5.68. The van der Waals surface area contributed by atoms with Crippen LogP contribution in [-0.4, -0.2) is 46.5 Å². The summed E-state index contributed by atoms with van der Waals surface area (Å²) in [6.07, 6.45) is 2.78. The molecule has 1 aliphatic rings. The van der Waals surface area contributed by atoms with Crippen LogP contribution in [0.3, 0.4) is 0 Å². The first-order valence-corrected chi connectivity index (χ1v) is 7.22. The number of ether oxygens (including phenoxy) is 1. The molecule has 1 fully saturated rings. The Labute approximate surface area is 98.0 Å². The van der Waals surface area contributed by atoms with Crippen molar-refractivity contribution in [1.82, 2.24) is 10.0 Å². The van der Waals surface area contributed by atoms with Gasteiger partial charge in [0.05, 0.1) is 11.4 Å². The average molecular weight is 250 g/mol. The molecule has 3 unspecified atom stereocenters. The molecule has 1 aliphatic carbocycles. The Morgan fingerprint density at radius 1 is 1.44 bits per heavy atom. The lowest BCUT2D eigenvalue weighted by atomic mass is 10.3. The van der Waals surface area contributed by atoms with Crippen LogP contribution in [0.25, 0.3) is 0 Å². The molecular formula is C10H22N2O3S. The number of nitrogens with one attached hydrogen (secondary N) is 2. The third-order valence-corrected chi connectivity index (χ3v) is 4.96. The van der Waals surface area contributed by atoms with Crippen LogP contribution in [0.1, 0.15) is 26.2 Å². The topological polar surface area (TPSA) is 67.4 Å². The molecule has 2 N–H and O–H groups in total. The second-order valence-electron chi connectivity index (χ2n) is 4.40. The molecule has 0 saturated heterocycles. The molecule has 0 radical (unpaired) electrons. The van der Waals surface area contributed by atoms with Crippen molar-refractivity contribution in [3.8, 4) is 0 Å². The van der Waals surface area contributed by atoms with Crippen molar-refractivity contribution in [3.63, 3.8) is 0 Å². The van der Waals surface area contributed by atoms with Gasteiger partial charge in [-0.2, -0.15) is 0 Å². The van der Waals surface area contributed by atoms with Crippen LogP contribution >= 0.6 is 0 Å². The molecule has 1 rings (SSSR count). The van der Waals surface area contributed by atoms with Crippen molar-refractivity contribution in [2.24, 2.45) is 0 Å². The first kappa shape index (κ1) is 13.9. The van der Waals surface area contributed by atoms with Gasteiger partial charge in [0.2, 0.25) is 10.0 Å². The number of methoxy groups -OCH3 is 1. The summed E-state index contributed by atoms with van der Waals surface area (Å²) in [5, 5.41) is 2.47. The Balaban J connectivity index is 2.47. The van der Waals surface area contributed by atoms with E-state index in [2.05, 4.69) is 10.0 Å². The maximum atomic E-state index is 11.9. The number of hydrogen-bond acceptors (Lipinski definition) is 4. The van der Waals surface area contributed by atoms with E-state index in [0.29, 0.717) is 6.54 Å². The third kappa shape index (κ3) is 3.69. The Kier molecular flexibility index (Phi) is 5.17. The van der Waals surface area contributed by atoms with Crippen LogP contribution in [0, 0.1) is 0 Å². The van der Waals surface area contributed by atoms with E-state index in [-0.39, 0.29) is 12.1 Å². The van der Waals surface area contributed by atoms with E-state index in [4.69, 9.17) is 4.74 Å². The minimum Gasteiger partial charge on any atom is -0.381 e. The van der Waals surface area contributed by atoms with Crippen molar-refractivity contribution < 1.29 is 13.2 Å². The van der Waals surface area contributed by atoms with Crippen LogP contribution in [0.5, 0.6) is 0 Å².